The van der Waals surface area contributed by atoms with Crippen LogP contribution in [-0.2, 0) is 4.74 Å². The maximum Gasteiger partial charge on any atom is 0.0589 e. The fraction of sp³-hybridized carbons (Fsp3) is 0.875. The summed E-state index contributed by atoms with van der Waals surface area (Å²) in [7, 11) is 1.73. The summed E-state index contributed by atoms with van der Waals surface area (Å²) in [6, 6.07) is 0. The lowest BCUT2D eigenvalue weighted by Gasteiger charge is -2.26. The lowest BCUT2D eigenvalue weighted by molar-refractivity contribution is 0.147. The first kappa shape index (κ1) is 9.48. The molecule has 0 spiro atoms. The highest BCUT2D eigenvalue weighted by Crippen LogP contribution is 2.05. The van der Waals surface area contributed by atoms with Crippen molar-refractivity contribution in [3.63, 3.8) is 0 Å². The molecule has 0 saturated carbocycles. The van der Waals surface area contributed by atoms with Gasteiger partial charge in [-0.25, -0.2) is 0 Å². The zero-order chi connectivity index (χ0) is 8.81. The number of nitrogens with two attached hydrogens (primary N) is 1. The Hall–Kier alpha value is -0.610. The van der Waals surface area contributed by atoms with Crippen molar-refractivity contribution in [1.82, 2.24) is 4.90 Å². The SMILES string of the molecule is COCCN1CCC(=NN)CC1. The molecule has 1 rings (SSSR count). The Bertz CT molecular complexity index is 148. The zero-order valence-electron chi connectivity index (χ0n) is 7.62. The second-order valence-electron chi connectivity index (χ2n) is 3.03. The standard InChI is InChI=1S/C8H17N3O/c1-12-7-6-11-4-2-8(10-9)3-5-11/h2-7,9H2,1H3. The Kier molecular flexibility index (Phi) is 4.04. The van der Waals surface area contributed by atoms with Crippen LogP contribution in [0.5, 0.6) is 0 Å². The molecule has 4 nitrogen and oxygen atoms in total. The van der Waals surface area contributed by atoms with Crippen LogP contribution in [0.25, 0.3) is 0 Å². The van der Waals surface area contributed by atoms with E-state index in [0.717, 1.165) is 44.8 Å². The highest BCUT2D eigenvalue weighted by molar-refractivity contribution is 5.85. The molecule has 0 bridgehead atoms. The fourth-order valence-corrected chi connectivity index (χ4v) is 1.38. The fourth-order valence-electron chi connectivity index (χ4n) is 1.38. The van der Waals surface area contributed by atoms with Crippen LogP contribution in [0.3, 0.4) is 0 Å². The van der Waals surface area contributed by atoms with Crippen molar-refractivity contribution in [2.45, 2.75) is 12.8 Å². The smallest absolute Gasteiger partial charge is 0.0589 e. The van der Waals surface area contributed by atoms with Gasteiger partial charge in [-0.2, -0.15) is 5.10 Å². The van der Waals surface area contributed by atoms with E-state index < -0.39 is 0 Å². The van der Waals surface area contributed by atoms with Crippen molar-refractivity contribution in [3.05, 3.63) is 0 Å². The Labute approximate surface area is 73.4 Å². The van der Waals surface area contributed by atoms with E-state index in [1.165, 1.54) is 0 Å². The van der Waals surface area contributed by atoms with Gasteiger partial charge in [-0.05, 0) is 0 Å². The van der Waals surface area contributed by atoms with E-state index in [-0.39, 0.29) is 0 Å². The first-order valence-corrected chi connectivity index (χ1v) is 4.33. The molecule has 1 aliphatic rings. The van der Waals surface area contributed by atoms with Crippen molar-refractivity contribution >= 4 is 5.71 Å². The number of hydrogen-bond acceptors (Lipinski definition) is 4. The van der Waals surface area contributed by atoms with Crippen LogP contribution in [0.1, 0.15) is 12.8 Å². The minimum Gasteiger partial charge on any atom is -0.383 e. The van der Waals surface area contributed by atoms with E-state index in [1.807, 2.05) is 0 Å². The monoisotopic (exact) mass is 171 g/mol. The lowest BCUT2D eigenvalue weighted by atomic mass is 10.1. The van der Waals surface area contributed by atoms with Gasteiger partial charge in [0.2, 0.25) is 0 Å². The van der Waals surface area contributed by atoms with Gasteiger partial charge in [-0.15, -0.1) is 0 Å². The summed E-state index contributed by atoms with van der Waals surface area (Å²) in [5, 5.41) is 3.72. The van der Waals surface area contributed by atoms with E-state index in [4.69, 9.17) is 10.6 Å². The number of likely N-dealkylation sites (tertiary alicyclic amines) is 1. The predicted octanol–water partition coefficient (Wildman–Crippen LogP) is 0.0433. The highest BCUT2D eigenvalue weighted by Gasteiger charge is 2.13. The summed E-state index contributed by atoms with van der Waals surface area (Å²) >= 11 is 0. The van der Waals surface area contributed by atoms with Gasteiger partial charge in [0.15, 0.2) is 0 Å². The number of ether oxygens (including phenoxy) is 1. The molecule has 0 aromatic heterocycles. The molecule has 4 heteroatoms. The summed E-state index contributed by atoms with van der Waals surface area (Å²) in [4.78, 5) is 2.37. The minimum absolute atomic E-state index is 0.815. The molecular formula is C8H17N3O. The molecule has 0 radical (unpaired) electrons. The van der Waals surface area contributed by atoms with Crippen molar-refractivity contribution in [2.75, 3.05) is 33.4 Å². The molecule has 0 aromatic carbocycles. The van der Waals surface area contributed by atoms with Crippen LogP contribution in [0, 0.1) is 0 Å². The summed E-state index contributed by atoms with van der Waals surface area (Å²) in [6.07, 6.45) is 2.03. The Morgan fingerprint density at radius 2 is 2.17 bits per heavy atom. The van der Waals surface area contributed by atoms with Crippen molar-refractivity contribution in [1.29, 1.82) is 0 Å². The largest absolute Gasteiger partial charge is 0.383 e. The van der Waals surface area contributed by atoms with Gasteiger partial charge in [-0.1, -0.05) is 0 Å². The second-order valence-corrected chi connectivity index (χ2v) is 3.03. The van der Waals surface area contributed by atoms with E-state index in [9.17, 15) is 0 Å². The molecule has 0 aromatic rings. The minimum atomic E-state index is 0.815. The van der Waals surface area contributed by atoms with E-state index >= 15 is 0 Å². The van der Waals surface area contributed by atoms with E-state index in [2.05, 4.69) is 10.0 Å². The number of piperidine rings is 1. The van der Waals surface area contributed by atoms with Gasteiger partial charge >= 0.3 is 0 Å². The summed E-state index contributed by atoms with van der Waals surface area (Å²) < 4.78 is 5.00. The Morgan fingerprint density at radius 3 is 2.67 bits per heavy atom. The normalized spacial score (nSPS) is 19.6. The first-order valence-electron chi connectivity index (χ1n) is 4.33. The van der Waals surface area contributed by atoms with Crippen LogP contribution >= 0.6 is 0 Å². The van der Waals surface area contributed by atoms with Crippen LogP contribution in [0.15, 0.2) is 5.10 Å². The third kappa shape index (κ3) is 2.79. The summed E-state index contributed by atoms with van der Waals surface area (Å²) in [5.74, 6) is 5.19. The van der Waals surface area contributed by atoms with E-state index in [0.29, 0.717) is 0 Å². The summed E-state index contributed by atoms with van der Waals surface area (Å²) in [5.41, 5.74) is 1.14. The Morgan fingerprint density at radius 1 is 1.50 bits per heavy atom. The average molecular weight is 171 g/mol. The van der Waals surface area contributed by atoms with Gasteiger partial charge in [0.1, 0.15) is 0 Å². The van der Waals surface area contributed by atoms with Gasteiger partial charge < -0.3 is 15.5 Å². The van der Waals surface area contributed by atoms with Crippen molar-refractivity contribution in [3.8, 4) is 0 Å². The third-order valence-electron chi connectivity index (χ3n) is 2.23. The maximum atomic E-state index is 5.19. The van der Waals surface area contributed by atoms with Crippen molar-refractivity contribution < 1.29 is 4.74 Å². The predicted molar refractivity (Wildman–Crippen MR) is 49.2 cm³/mol. The number of hydrogen-bond donors (Lipinski definition) is 1. The molecule has 1 fully saturated rings. The average Bonchev–Trinajstić information content (AvgIpc) is 2.15. The molecule has 12 heavy (non-hydrogen) atoms. The van der Waals surface area contributed by atoms with Crippen LogP contribution in [-0.4, -0.2) is 44.0 Å². The molecule has 1 saturated heterocycles. The molecule has 1 aliphatic heterocycles. The molecule has 1 heterocycles. The lowest BCUT2D eigenvalue weighted by Crippen LogP contribution is -2.36. The molecule has 0 amide bonds. The van der Waals surface area contributed by atoms with Gasteiger partial charge in [0.25, 0.3) is 0 Å². The van der Waals surface area contributed by atoms with Gasteiger partial charge in [-0.3, -0.25) is 0 Å². The van der Waals surface area contributed by atoms with Gasteiger partial charge in [0.05, 0.1) is 6.61 Å². The third-order valence-corrected chi connectivity index (χ3v) is 2.23. The number of methoxy groups -OCH3 is 1. The Balaban J connectivity index is 2.17. The second kappa shape index (κ2) is 5.11. The quantitative estimate of drug-likeness (QED) is 0.482. The summed E-state index contributed by atoms with van der Waals surface area (Å²) in [6.45, 7) is 3.97. The van der Waals surface area contributed by atoms with Crippen LogP contribution in [0.2, 0.25) is 0 Å². The molecule has 70 valence electrons. The molecule has 0 aliphatic carbocycles. The number of rotatable bonds is 3. The topological polar surface area (TPSA) is 50.8 Å². The van der Waals surface area contributed by atoms with Crippen molar-refractivity contribution in [2.24, 2.45) is 10.9 Å². The maximum absolute atomic E-state index is 5.19. The highest BCUT2D eigenvalue weighted by atomic mass is 16.5. The molecule has 2 N–H and O–H groups in total. The van der Waals surface area contributed by atoms with Gasteiger partial charge in [0, 0.05) is 45.3 Å². The molecule has 0 unspecified atom stereocenters. The zero-order valence-corrected chi connectivity index (χ0v) is 7.62. The molecular weight excluding hydrogens is 154 g/mol. The van der Waals surface area contributed by atoms with Crippen LogP contribution < -0.4 is 5.84 Å². The van der Waals surface area contributed by atoms with Crippen LogP contribution in [0.4, 0.5) is 0 Å². The number of nitrogens with zero attached hydrogens (tertiary/aromatic N) is 2. The molecule has 0 atom stereocenters. The first-order chi connectivity index (χ1) is 5.86. The van der Waals surface area contributed by atoms with E-state index in [1.54, 1.807) is 7.11 Å². The number of hydrazone groups is 1.